The highest BCUT2D eigenvalue weighted by molar-refractivity contribution is 5.78. The van der Waals surface area contributed by atoms with E-state index in [4.69, 9.17) is 5.73 Å². The van der Waals surface area contributed by atoms with E-state index in [1.807, 2.05) is 20.8 Å². The third kappa shape index (κ3) is 2.85. The molecule has 1 aliphatic heterocycles. The molecular weight excluding hydrogens is 255 g/mol. The van der Waals surface area contributed by atoms with Gasteiger partial charge in [-0.3, -0.25) is 4.79 Å². The summed E-state index contributed by atoms with van der Waals surface area (Å²) in [6.45, 7) is 5.91. The van der Waals surface area contributed by atoms with Crippen LogP contribution in [-0.2, 0) is 4.79 Å². The van der Waals surface area contributed by atoms with Gasteiger partial charge >= 0.3 is 0 Å². The van der Waals surface area contributed by atoms with Crippen molar-refractivity contribution in [2.75, 3.05) is 0 Å². The molecule has 4 heteroatoms. The number of carbonyl (C=O) groups excluding carboxylic acids is 1. The van der Waals surface area contributed by atoms with Gasteiger partial charge < -0.3 is 10.6 Å². The second kappa shape index (κ2) is 5.52. The quantitative estimate of drug-likeness (QED) is 0.858. The van der Waals surface area contributed by atoms with Crippen LogP contribution >= 0.6 is 0 Å². The molecule has 0 bridgehead atoms. The van der Waals surface area contributed by atoms with E-state index in [0.29, 0.717) is 12.0 Å². The lowest BCUT2D eigenvalue weighted by atomic mass is 9.92. The SMILES string of the molecule is CC(C)(C)N1C(=O)CCCC(N)C1c1ccccc1F. The number of hydrogen-bond donors (Lipinski definition) is 1. The largest absolute Gasteiger partial charge is 0.329 e. The minimum atomic E-state index is -0.397. The fourth-order valence-electron chi connectivity index (χ4n) is 2.99. The highest BCUT2D eigenvalue weighted by Crippen LogP contribution is 2.36. The van der Waals surface area contributed by atoms with Crippen molar-refractivity contribution in [2.24, 2.45) is 5.73 Å². The summed E-state index contributed by atoms with van der Waals surface area (Å²) >= 11 is 0. The molecule has 2 rings (SSSR count). The van der Waals surface area contributed by atoms with Crippen LogP contribution in [0.1, 0.15) is 51.6 Å². The molecule has 0 spiro atoms. The second-order valence-electron chi connectivity index (χ2n) is 6.46. The van der Waals surface area contributed by atoms with Gasteiger partial charge in [-0.1, -0.05) is 18.2 Å². The number of likely N-dealkylation sites (tertiary alicyclic amines) is 1. The number of rotatable bonds is 1. The molecule has 0 saturated carbocycles. The van der Waals surface area contributed by atoms with Gasteiger partial charge in [0, 0.05) is 23.6 Å². The van der Waals surface area contributed by atoms with E-state index >= 15 is 0 Å². The molecule has 3 nitrogen and oxygen atoms in total. The Morgan fingerprint density at radius 3 is 2.55 bits per heavy atom. The van der Waals surface area contributed by atoms with Crippen LogP contribution in [0.3, 0.4) is 0 Å². The average molecular weight is 278 g/mol. The van der Waals surface area contributed by atoms with Gasteiger partial charge in [0.25, 0.3) is 0 Å². The molecule has 1 aromatic carbocycles. The summed E-state index contributed by atoms with van der Waals surface area (Å²) in [5.74, 6) is -0.240. The van der Waals surface area contributed by atoms with E-state index in [9.17, 15) is 9.18 Å². The highest BCUT2D eigenvalue weighted by Gasteiger charge is 2.39. The molecule has 2 unspecified atom stereocenters. The summed E-state index contributed by atoms with van der Waals surface area (Å²) in [6.07, 6.45) is 1.98. The molecule has 1 saturated heterocycles. The summed E-state index contributed by atoms with van der Waals surface area (Å²) < 4.78 is 14.2. The van der Waals surface area contributed by atoms with Crippen molar-refractivity contribution in [1.29, 1.82) is 0 Å². The van der Waals surface area contributed by atoms with Gasteiger partial charge in [0.2, 0.25) is 5.91 Å². The van der Waals surface area contributed by atoms with Gasteiger partial charge in [0.15, 0.2) is 0 Å². The van der Waals surface area contributed by atoms with Crippen molar-refractivity contribution in [3.8, 4) is 0 Å². The summed E-state index contributed by atoms with van der Waals surface area (Å²) in [7, 11) is 0. The van der Waals surface area contributed by atoms with Crippen LogP contribution in [0.2, 0.25) is 0 Å². The number of hydrogen-bond acceptors (Lipinski definition) is 2. The van der Waals surface area contributed by atoms with E-state index < -0.39 is 6.04 Å². The lowest BCUT2D eigenvalue weighted by molar-refractivity contribution is -0.139. The molecule has 0 radical (unpaired) electrons. The van der Waals surface area contributed by atoms with E-state index in [1.54, 1.807) is 23.1 Å². The Hall–Kier alpha value is -1.42. The fourth-order valence-corrected chi connectivity index (χ4v) is 2.99. The first-order valence-corrected chi connectivity index (χ1v) is 7.14. The van der Waals surface area contributed by atoms with Crippen LogP contribution in [0.15, 0.2) is 24.3 Å². The Morgan fingerprint density at radius 1 is 1.30 bits per heavy atom. The molecule has 2 atom stereocenters. The summed E-state index contributed by atoms with van der Waals surface area (Å²) in [5, 5.41) is 0. The normalized spacial score (nSPS) is 24.6. The Labute approximate surface area is 120 Å². The first kappa shape index (κ1) is 15.0. The molecule has 1 fully saturated rings. The van der Waals surface area contributed by atoms with Gasteiger partial charge in [-0.15, -0.1) is 0 Å². The molecule has 1 amide bonds. The van der Waals surface area contributed by atoms with Crippen molar-refractivity contribution in [3.05, 3.63) is 35.6 Å². The van der Waals surface area contributed by atoms with Crippen molar-refractivity contribution in [3.63, 3.8) is 0 Å². The fraction of sp³-hybridized carbons (Fsp3) is 0.562. The number of halogens is 1. The number of nitrogens with two attached hydrogens (primary N) is 1. The third-order valence-electron chi connectivity index (χ3n) is 3.83. The smallest absolute Gasteiger partial charge is 0.223 e. The molecule has 110 valence electrons. The monoisotopic (exact) mass is 278 g/mol. The highest BCUT2D eigenvalue weighted by atomic mass is 19.1. The van der Waals surface area contributed by atoms with Gasteiger partial charge in [-0.25, -0.2) is 4.39 Å². The molecule has 0 aromatic heterocycles. The average Bonchev–Trinajstić information content (AvgIpc) is 2.48. The minimum absolute atomic E-state index is 0.0544. The predicted molar refractivity (Wildman–Crippen MR) is 77.6 cm³/mol. The van der Waals surface area contributed by atoms with Gasteiger partial charge in [0.05, 0.1) is 6.04 Å². The zero-order valence-corrected chi connectivity index (χ0v) is 12.4. The first-order chi connectivity index (χ1) is 9.32. The molecule has 2 N–H and O–H groups in total. The van der Waals surface area contributed by atoms with Crippen LogP contribution in [0.5, 0.6) is 0 Å². The minimum Gasteiger partial charge on any atom is -0.329 e. The maximum absolute atomic E-state index is 14.2. The number of benzene rings is 1. The Bertz CT molecular complexity index is 495. The predicted octanol–water partition coefficient (Wildman–Crippen LogP) is 3.01. The van der Waals surface area contributed by atoms with Crippen LogP contribution < -0.4 is 5.73 Å². The topological polar surface area (TPSA) is 46.3 Å². The lowest BCUT2D eigenvalue weighted by Crippen LogP contribution is -2.51. The summed E-state index contributed by atoms with van der Waals surface area (Å²) in [6, 6.07) is 5.98. The number of amides is 1. The standard InChI is InChI=1S/C16H23FN2O/c1-16(2,3)19-14(20)10-6-9-13(18)15(19)11-7-4-5-8-12(11)17/h4-5,7-8,13,15H,6,9-10,18H2,1-3H3. The third-order valence-corrected chi connectivity index (χ3v) is 3.83. The number of carbonyl (C=O) groups is 1. The summed E-state index contributed by atoms with van der Waals surface area (Å²) in [5.41, 5.74) is 6.40. The molecular formula is C16H23FN2O. The maximum atomic E-state index is 14.2. The lowest BCUT2D eigenvalue weighted by Gasteiger charge is -2.43. The zero-order chi connectivity index (χ0) is 14.9. The Balaban J connectivity index is 2.53. The Morgan fingerprint density at radius 2 is 1.95 bits per heavy atom. The number of nitrogens with zero attached hydrogens (tertiary/aromatic N) is 1. The molecule has 1 heterocycles. The van der Waals surface area contributed by atoms with E-state index in [1.165, 1.54) is 6.07 Å². The molecule has 20 heavy (non-hydrogen) atoms. The van der Waals surface area contributed by atoms with Gasteiger partial charge in [-0.05, 0) is 39.7 Å². The van der Waals surface area contributed by atoms with Crippen molar-refractivity contribution < 1.29 is 9.18 Å². The van der Waals surface area contributed by atoms with E-state index in [2.05, 4.69) is 0 Å². The molecule has 1 aromatic rings. The Kier molecular flexibility index (Phi) is 4.14. The van der Waals surface area contributed by atoms with Crippen LogP contribution in [-0.4, -0.2) is 22.4 Å². The van der Waals surface area contributed by atoms with Crippen LogP contribution in [0, 0.1) is 5.82 Å². The van der Waals surface area contributed by atoms with Crippen LogP contribution in [0.25, 0.3) is 0 Å². The van der Waals surface area contributed by atoms with Gasteiger partial charge in [-0.2, -0.15) is 0 Å². The molecule has 1 aliphatic rings. The van der Waals surface area contributed by atoms with E-state index in [-0.39, 0.29) is 23.3 Å². The van der Waals surface area contributed by atoms with E-state index in [0.717, 1.165) is 12.8 Å². The van der Waals surface area contributed by atoms with Crippen molar-refractivity contribution >= 4 is 5.91 Å². The van der Waals surface area contributed by atoms with Crippen LogP contribution in [0.4, 0.5) is 4.39 Å². The van der Waals surface area contributed by atoms with Gasteiger partial charge in [0.1, 0.15) is 5.82 Å². The first-order valence-electron chi connectivity index (χ1n) is 7.14. The second-order valence-corrected chi connectivity index (χ2v) is 6.46. The zero-order valence-electron chi connectivity index (χ0n) is 12.4. The summed E-state index contributed by atoms with van der Waals surface area (Å²) in [4.78, 5) is 14.2. The maximum Gasteiger partial charge on any atom is 0.223 e. The van der Waals surface area contributed by atoms with Crippen molar-refractivity contribution in [2.45, 2.75) is 57.7 Å². The van der Waals surface area contributed by atoms with Crippen molar-refractivity contribution in [1.82, 2.24) is 4.90 Å². The molecule has 0 aliphatic carbocycles.